The Morgan fingerprint density at radius 1 is 1.38 bits per heavy atom. The van der Waals surface area contributed by atoms with Crippen molar-refractivity contribution in [1.82, 2.24) is 5.32 Å². The maximum absolute atomic E-state index is 11.6. The summed E-state index contributed by atoms with van der Waals surface area (Å²) in [5.74, 6) is 0.241. The summed E-state index contributed by atoms with van der Waals surface area (Å²) in [7, 11) is 1.51. The van der Waals surface area contributed by atoms with Crippen molar-refractivity contribution in [1.29, 1.82) is 0 Å². The number of aryl methyl sites for hydroxylation is 1. The lowest BCUT2D eigenvalue weighted by Gasteiger charge is -2.16. The van der Waals surface area contributed by atoms with E-state index in [0.717, 1.165) is 10.5 Å². The molecule has 0 unspecified atom stereocenters. The molecule has 0 aliphatic carbocycles. The van der Waals surface area contributed by atoms with Gasteiger partial charge >= 0.3 is 6.03 Å². The molecule has 0 spiro atoms. The summed E-state index contributed by atoms with van der Waals surface area (Å²) < 4.78 is 5.14. The molecule has 84 valence electrons. The van der Waals surface area contributed by atoms with Gasteiger partial charge in [0.2, 0.25) is 0 Å². The zero-order valence-corrected chi connectivity index (χ0v) is 9.11. The molecule has 0 radical (unpaired) electrons. The predicted molar refractivity (Wildman–Crippen MR) is 58.6 cm³/mol. The van der Waals surface area contributed by atoms with Gasteiger partial charge in [-0.1, -0.05) is 6.07 Å². The lowest BCUT2D eigenvalue weighted by atomic mass is 10.2. The summed E-state index contributed by atoms with van der Waals surface area (Å²) in [6, 6.07) is 4.94. The van der Waals surface area contributed by atoms with Crippen molar-refractivity contribution in [2.75, 3.05) is 18.6 Å². The number of nitrogens with one attached hydrogen (secondary N) is 1. The summed E-state index contributed by atoms with van der Waals surface area (Å²) in [5.41, 5.74) is 1.45. The smallest absolute Gasteiger partial charge is 0.329 e. The highest BCUT2D eigenvalue weighted by Crippen LogP contribution is 2.30. The summed E-state index contributed by atoms with van der Waals surface area (Å²) in [6.07, 6.45) is 0. The van der Waals surface area contributed by atoms with Crippen molar-refractivity contribution in [2.24, 2.45) is 0 Å². The molecule has 0 saturated carbocycles. The quantitative estimate of drug-likeness (QED) is 0.758. The number of imide groups is 1. The number of amides is 3. The van der Waals surface area contributed by atoms with Gasteiger partial charge in [0.25, 0.3) is 5.91 Å². The molecule has 3 amide bonds. The summed E-state index contributed by atoms with van der Waals surface area (Å²) in [4.78, 5) is 24.2. The number of rotatable bonds is 2. The zero-order valence-electron chi connectivity index (χ0n) is 9.11. The molecule has 1 aliphatic rings. The van der Waals surface area contributed by atoms with Gasteiger partial charge in [-0.25, -0.2) is 9.69 Å². The van der Waals surface area contributed by atoms with Crippen molar-refractivity contribution >= 4 is 17.6 Å². The molecule has 0 aromatic heterocycles. The van der Waals surface area contributed by atoms with E-state index >= 15 is 0 Å². The molecule has 0 atom stereocenters. The Bertz CT molecular complexity index is 441. The van der Waals surface area contributed by atoms with Crippen LogP contribution < -0.4 is 15.0 Å². The van der Waals surface area contributed by atoms with Gasteiger partial charge in [-0.15, -0.1) is 0 Å². The van der Waals surface area contributed by atoms with E-state index in [-0.39, 0.29) is 12.5 Å². The average Bonchev–Trinajstić information content (AvgIpc) is 2.58. The van der Waals surface area contributed by atoms with Crippen LogP contribution >= 0.6 is 0 Å². The fraction of sp³-hybridized carbons (Fsp3) is 0.273. The molecule has 1 aliphatic heterocycles. The summed E-state index contributed by atoms with van der Waals surface area (Å²) >= 11 is 0. The second-order valence-corrected chi connectivity index (χ2v) is 3.56. The van der Waals surface area contributed by atoms with Gasteiger partial charge in [0, 0.05) is 0 Å². The van der Waals surface area contributed by atoms with E-state index in [0.29, 0.717) is 11.4 Å². The molecule has 2 rings (SSSR count). The lowest BCUT2D eigenvalue weighted by molar-refractivity contribution is -0.115. The third-order valence-corrected chi connectivity index (χ3v) is 2.42. The topological polar surface area (TPSA) is 58.6 Å². The molecule has 5 nitrogen and oxygen atoms in total. The van der Waals surface area contributed by atoms with Crippen LogP contribution in [0.25, 0.3) is 0 Å². The molecular formula is C11H12N2O3. The first-order valence-electron chi connectivity index (χ1n) is 4.89. The van der Waals surface area contributed by atoms with E-state index < -0.39 is 6.03 Å². The summed E-state index contributed by atoms with van der Waals surface area (Å²) in [5, 5.41) is 2.47. The number of nitrogens with zero attached hydrogens (tertiary/aromatic N) is 1. The largest absolute Gasteiger partial charge is 0.495 e. The van der Waals surface area contributed by atoms with Crippen molar-refractivity contribution in [2.45, 2.75) is 6.92 Å². The number of ether oxygens (including phenoxy) is 1. The van der Waals surface area contributed by atoms with Gasteiger partial charge in [0.1, 0.15) is 5.75 Å². The molecule has 1 N–H and O–H groups in total. The number of benzene rings is 1. The van der Waals surface area contributed by atoms with Crippen LogP contribution in [0, 0.1) is 6.92 Å². The maximum atomic E-state index is 11.6. The Balaban J connectivity index is 2.49. The number of carbonyl (C=O) groups excluding carboxylic acids is 2. The molecule has 1 saturated heterocycles. The lowest BCUT2D eigenvalue weighted by Crippen LogP contribution is -2.31. The van der Waals surface area contributed by atoms with Crippen LogP contribution in [-0.4, -0.2) is 25.6 Å². The van der Waals surface area contributed by atoms with E-state index in [1.54, 1.807) is 12.1 Å². The monoisotopic (exact) mass is 220 g/mol. The van der Waals surface area contributed by atoms with Crippen LogP contribution in [0.2, 0.25) is 0 Å². The van der Waals surface area contributed by atoms with Crippen LogP contribution in [0.15, 0.2) is 18.2 Å². The van der Waals surface area contributed by atoms with Gasteiger partial charge in [-0.2, -0.15) is 0 Å². The Morgan fingerprint density at radius 3 is 2.69 bits per heavy atom. The van der Waals surface area contributed by atoms with E-state index in [1.807, 2.05) is 13.0 Å². The number of methoxy groups -OCH3 is 1. The fourth-order valence-electron chi connectivity index (χ4n) is 1.64. The minimum atomic E-state index is -0.408. The van der Waals surface area contributed by atoms with Crippen LogP contribution in [0.1, 0.15) is 5.56 Å². The standard InChI is InChI=1S/C11H12N2O3/c1-7-3-4-9(16-2)8(5-7)13-10(14)6-12-11(13)15/h3-5H,6H2,1-2H3,(H,12,15). The zero-order chi connectivity index (χ0) is 11.7. The van der Waals surface area contributed by atoms with E-state index in [2.05, 4.69) is 5.32 Å². The van der Waals surface area contributed by atoms with E-state index in [9.17, 15) is 9.59 Å². The highest BCUT2D eigenvalue weighted by molar-refractivity contribution is 6.20. The van der Waals surface area contributed by atoms with Crippen molar-refractivity contribution in [3.05, 3.63) is 23.8 Å². The second kappa shape index (κ2) is 3.84. The Labute approximate surface area is 93.0 Å². The van der Waals surface area contributed by atoms with Crippen LogP contribution in [0.5, 0.6) is 5.75 Å². The molecule has 1 heterocycles. The molecule has 1 aromatic rings. The number of hydrogen-bond donors (Lipinski definition) is 1. The Morgan fingerprint density at radius 2 is 2.12 bits per heavy atom. The first-order chi connectivity index (χ1) is 7.63. The highest BCUT2D eigenvalue weighted by atomic mass is 16.5. The first kappa shape index (κ1) is 10.5. The molecule has 16 heavy (non-hydrogen) atoms. The highest BCUT2D eigenvalue weighted by Gasteiger charge is 2.31. The minimum absolute atomic E-state index is 0.0376. The van der Waals surface area contributed by atoms with Gasteiger partial charge in [-0.3, -0.25) is 4.79 Å². The normalized spacial score (nSPS) is 15.2. The van der Waals surface area contributed by atoms with Crippen molar-refractivity contribution in [3.63, 3.8) is 0 Å². The Kier molecular flexibility index (Phi) is 2.52. The van der Waals surface area contributed by atoms with Gasteiger partial charge in [-0.05, 0) is 24.6 Å². The average molecular weight is 220 g/mol. The number of carbonyl (C=O) groups is 2. The fourth-order valence-corrected chi connectivity index (χ4v) is 1.64. The van der Waals surface area contributed by atoms with Crippen LogP contribution in [0.4, 0.5) is 10.5 Å². The van der Waals surface area contributed by atoms with Gasteiger partial charge in [0.15, 0.2) is 0 Å². The molecule has 0 bridgehead atoms. The third kappa shape index (κ3) is 1.60. The first-order valence-corrected chi connectivity index (χ1v) is 4.89. The minimum Gasteiger partial charge on any atom is -0.495 e. The predicted octanol–water partition coefficient (Wildman–Crippen LogP) is 1.06. The van der Waals surface area contributed by atoms with Gasteiger partial charge in [0.05, 0.1) is 19.3 Å². The van der Waals surface area contributed by atoms with E-state index in [4.69, 9.17) is 4.74 Å². The number of urea groups is 1. The SMILES string of the molecule is COc1ccc(C)cc1N1C(=O)CNC1=O. The maximum Gasteiger partial charge on any atom is 0.329 e. The molecule has 1 aromatic carbocycles. The Hall–Kier alpha value is -2.04. The molecule has 5 heteroatoms. The third-order valence-electron chi connectivity index (χ3n) is 2.42. The van der Waals surface area contributed by atoms with Crippen LogP contribution in [-0.2, 0) is 4.79 Å². The van der Waals surface area contributed by atoms with E-state index in [1.165, 1.54) is 7.11 Å². The number of anilines is 1. The molecular weight excluding hydrogens is 208 g/mol. The van der Waals surface area contributed by atoms with Crippen molar-refractivity contribution in [3.8, 4) is 5.75 Å². The summed E-state index contributed by atoms with van der Waals surface area (Å²) in [6.45, 7) is 1.93. The van der Waals surface area contributed by atoms with Gasteiger partial charge < -0.3 is 10.1 Å². The second-order valence-electron chi connectivity index (χ2n) is 3.56. The van der Waals surface area contributed by atoms with Crippen molar-refractivity contribution < 1.29 is 14.3 Å². The molecule has 1 fully saturated rings. The van der Waals surface area contributed by atoms with Crippen LogP contribution in [0.3, 0.4) is 0 Å². The number of hydrogen-bond acceptors (Lipinski definition) is 3.